The van der Waals surface area contributed by atoms with Crippen LogP contribution in [0.3, 0.4) is 0 Å². The van der Waals surface area contributed by atoms with Crippen LogP contribution in [-0.4, -0.2) is 64.2 Å². The van der Waals surface area contributed by atoms with E-state index >= 15 is 0 Å². The van der Waals surface area contributed by atoms with Crippen molar-refractivity contribution >= 4 is 17.5 Å². The smallest absolute Gasteiger partial charge is 0.251 e. The molecule has 2 atom stereocenters. The molecule has 1 saturated heterocycles. The average Bonchev–Trinajstić information content (AvgIpc) is 3.33. The largest absolute Gasteiger partial charge is 0.492 e. The van der Waals surface area contributed by atoms with Crippen LogP contribution in [0.5, 0.6) is 5.75 Å². The van der Waals surface area contributed by atoms with E-state index in [2.05, 4.69) is 20.5 Å². The van der Waals surface area contributed by atoms with Gasteiger partial charge in [0.2, 0.25) is 0 Å². The molecule has 2 aliphatic heterocycles. The summed E-state index contributed by atoms with van der Waals surface area (Å²) >= 11 is 6.28. The molecule has 0 spiro atoms. The van der Waals surface area contributed by atoms with Gasteiger partial charge in [-0.15, -0.1) is 5.10 Å². The first-order valence-corrected chi connectivity index (χ1v) is 11.5. The van der Waals surface area contributed by atoms with Gasteiger partial charge in [-0.05, 0) is 37.0 Å². The van der Waals surface area contributed by atoms with E-state index < -0.39 is 0 Å². The fourth-order valence-electron chi connectivity index (χ4n) is 4.47. The molecule has 0 radical (unpaired) electrons. The summed E-state index contributed by atoms with van der Waals surface area (Å²) in [7, 11) is 0. The highest BCUT2D eigenvalue weighted by Crippen LogP contribution is 2.29. The molecular formula is C22H28ClN5O3. The van der Waals surface area contributed by atoms with E-state index in [1.54, 1.807) is 18.2 Å². The minimum atomic E-state index is -0.136. The minimum Gasteiger partial charge on any atom is -0.492 e. The molecule has 1 amide bonds. The van der Waals surface area contributed by atoms with Gasteiger partial charge >= 0.3 is 0 Å². The van der Waals surface area contributed by atoms with Gasteiger partial charge in [-0.25, -0.2) is 0 Å². The van der Waals surface area contributed by atoms with E-state index in [0.29, 0.717) is 36.1 Å². The topological polar surface area (TPSA) is 81.5 Å². The van der Waals surface area contributed by atoms with E-state index in [9.17, 15) is 4.79 Å². The number of amides is 1. The zero-order valence-electron chi connectivity index (χ0n) is 17.5. The summed E-state index contributed by atoms with van der Waals surface area (Å²) in [4.78, 5) is 15.4. The normalized spacial score (nSPS) is 25.4. The van der Waals surface area contributed by atoms with Gasteiger partial charge in [-0.2, -0.15) is 0 Å². The number of fused-ring (bicyclic) bond motifs is 5. The van der Waals surface area contributed by atoms with Crippen LogP contribution in [0.4, 0.5) is 0 Å². The number of rotatable bonds is 2. The zero-order chi connectivity index (χ0) is 21.2. The Labute approximate surface area is 186 Å². The quantitative estimate of drug-likeness (QED) is 0.765. The van der Waals surface area contributed by atoms with Crippen LogP contribution in [0, 0.1) is 5.92 Å². The number of hydrogen-bond donors (Lipinski definition) is 1. The summed E-state index contributed by atoms with van der Waals surface area (Å²) in [5, 5.41) is 12.1. The first-order valence-electron chi connectivity index (χ1n) is 11.1. The highest BCUT2D eigenvalue weighted by molar-refractivity contribution is 6.32. The molecule has 8 nitrogen and oxygen atoms in total. The number of aryl methyl sites for hydroxylation is 1. The predicted molar refractivity (Wildman–Crippen MR) is 115 cm³/mol. The second-order valence-electron chi connectivity index (χ2n) is 8.77. The summed E-state index contributed by atoms with van der Waals surface area (Å²) in [6, 6.07) is 5.08. The van der Waals surface area contributed by atoms with Crippen LogP contribution in [0.1, 0.15) is 41.7 Å². The Morgan fingerprint density at radius 2 is 2.13 bits per heavy atom. The third-order valence-electron chi connectivity index (χ3n) is 6.41. The van der Waals surface area contributed by atoms with Crippen molar-refractivity contribution in [1.29, 1.82) is 0 Å². The maximum absolute atomic E-state index is 13.0. The molecule has 2 fully saturated rings. The Kier molecular flexibility index (Phi) is 6.11. The number of likely N-dealkylation sites (tertiary alicyclic amines) is 1. The summed E-state index contributed by atoms with van der Waals surface area (Å²) in [5.41, 5.74) is 1.34. The molecule has 3 heterocycles. The van der Waals surface area contributed by atoms with E-state index in [1.807, 2.05) is 10.9 Å². The maximum Gasteiger partial charge on any atom is 0.251 e. The van der Waals surface area contributed by atoms with Crippen molar-refractivity contribution in [2.24, 2.45) is 5.92 Å². The number of nitrogens with zero attached hydrogens (tertiary/aromatic N) is 4. The molecule has 3 aliphatic rings. The maximum atomic E-state index is 13.0. The lowest BCUT2D eigenvalue weighted by molar-refractivity contribution is 0.0284. The molecular weight excluding hydrogens is 418 g/mol. The number of carbonyl (C=O) groups excluding carboxylic acids is 1. The Bertz CT molecular complexity index is 932. The molecule has 31 heavy (non-hydrogen) atoms. The van der Waals surface area contributed by atoms with Gasteiger partial charge in [-0.3, -0.25) is 14.4 Å². The van der Waals surface area contributed by atoms with Crippen molar-refractivity contribution in [1.82, 2.24) is 25.2 Å². The third-order valence-corrected chi connectivity index (χ3v) is 6.73. The number of hydrogen-bond acceptors (Lipinski definition) is 6. The molecule has 1 N–H and O–H groups in total. The molecule has 4 bridgehead atoms. The van der Waals surface area contributed by atoms with Crippen LogP contribution in [-0.2, 0) is 17.9 Å². The number of ether oxygens (including phenoxy) is 2. The SMILES string of the molecule is O=C1N[C@H]2CN(CC3CCC3)C[C@@H]2OCc2cn(nn2)CCCOc2cc1ccc2Cl. The number of aromatic nitrogens is 3. The lowest BCUT2D eigenvalue weighted by atomic mass is 9.85. The Hall–Kier alpha value is -2.16. The Morgan fingerprint density at radius 1 is 1.23 bits per heavy atom. The van der Waals surface area contributed by atoms with Crippen molar-refractivity contribution in [2.45, 2.75) is 51.0 Å². The van der Waals surface area contributed by atoms with Gasteiger partial charge in [0.05, 0.1) is 36.6 Å². The van der Waals surface area contributed by atoms with Gasteiger partial charge in [0.1, 0.15) is 11.4 Å². The van der Waals surface area contributed by atoms with E-state index in [-0.39, 0.29) is 18.1 Å². The first kappa shape index (κ1) is 20.7. The van der Waals surface area contributed by atoms with Crippen molar-refractivity contribution < 1.29 is 14.3 Å². The number of nitrogens with one attached hydrogen (secondary N) is 1. The average molecular weight is 446 g/mol. The molecule has 1 aromatic carbocycles. The second-order valence-corrected chi connectivity index (χ2v) is 9.17. The van der Waals surface area contributed by atoms with Crippen LogP contribution in [0.15, 0.2) is 24.4 Å². The second kappa shape index (κ2) is 9.14. The van der Waals surface area contributed by atoms with Crippen molar-refractivity contribution in [3.8, 4) is 5.75 Å². The van der Waals surface area contributed by atoms with Gasteiger partial charge in [0.25, 0.3) is 5.91 Å². The molecule has 2 aromatic rings. The fourth-order valence-corrected chi connectivity index (χ4v) is 4.64. The van der Waals surface area contributed by atoms with Crippen molar-refractivity contribution in [3.63, 3.8) is 0 Å². The third kappa shape index (κ3) is 4.86. The molecule has 1 aliphatic carbocycles. The van der Waals surface area contributed by atoms with E-state index in [1.165, 1.54) is 19.3 Å². The first-order chi connectivity index (χ1) is 15.1. The minimum absolute atomic E-state index is 0.0874. The summed E-state index contributed by atoms with van der Waals surface area (Å²) in [6.07, 6.45) is 6.50. The Balaban J connectivity index is 1.36. The lowest BCUT2D eigenvalue weighted by Gasteiger charge is -2.29. The molecule has 0 unspecified atom stereocenters. The number of benzene rings is 1. The highest BCUT2D eigenvalue weighted by Gasteiger charge is 2.36. The van der Waals surface area contributed by atoms with Crippen molar-refractivity contribution in [2.75, 3.05) is 26.2 Å². The highest BCUT2D eigenvalue weighted by atomic mass is 35.5. The van der Waals surface area contributed by atoms with Crippen LogP contribution in [0.25, 0.3) is 0 Å². The number of carbonyl (C=O) groups is 1. The van der Waals surface area contributed by atoms with Crippen LogP contribution < -0.4 is 10.1 Å². The van der Waals surface area contributed by atoms with Crippen molar-refractivity contribution in [3.05, 3.63) is 40.7 Å². The molecule has 1 saturated carbocycles. The van der Waals surface area contributed by atoms with Gasteiger partial charge in [-0.1, -0.05) is 23.2 Å². The lowest BCUT2D eigenvalue weighted by Crippen LogP contribution is -2.44. The standard InChI is InChI=1S/C22H28ClN5O3/c23-18-6-5-16-9-20(18)30-8-2-7-28-11-17(25-26-28)14-31-21-13-27(10-15-3-1-4-15)12-19(21)24-22(16)29/h5-6,9,11,15,19,21H,1-4,7-8,10,12-14H2,(H,24,29)/t19-,21-/m0/s1. The van der Waals surface area contributed by atoms with E-state index in [0.717, 1.165) is 37.7 Å². The summed E-state index contributed by atoms with van der Waals surface area (Å²) in [6.45, 7) is 4.21. The predicted octanol–water partition coefficient (Wildman–Crippen LogP) is 2.51. The van der Waals surface area contributed by atoms with Crippen LogP contribution in [0.2, 0.25) is 5.02 Å². The molecule has 1 aromatic heterocycles. The van der Waals surface area contributed by atoms with Gasteiger partial charge < -0.3 is 14.8 Å². The molecule has 166 valence electrons. The van der Waals surface area contributed by atoms with Gasteiger partial charge in [0, 0.05) is 38.2 Å². The van der Waals surface area contributed by atoms with E-state index in [4.69, 9.17) is 21.1 Å². The molecule has 9 heteroatoms. The number of halogens is 1. The van der Waals surface area contributed by atoms with Crippen LogP contribution >= 0.6 is 11.6 Å². The van der Waals surface area contributed by atoms with Gasteiger partial charge in [0.15, 0.2) is 0 Å². The fraction of sp³-hybridized carbons (Fsp3) is 0.591. The Morgan fingerprint density at radius 3 is 2.97 bits per heavy atom. The monoisotopic (exact) mass is 445 g/mol. The molecule has 5 rings (SSSR count). The summed E-state index contributed by atoms with van der Waals surface area (Å²) < 4.78 is 13.9. The summed E-state index contributed by atoms with van der Waals surface area (Å²) in [5.74, 6) is 1.16. The zero-order valence-corrected chi connectivity index (χ0v) is 18.3.